The molecular formula is C22H26BClFN7O4S. The summed E-state index contributed by atoms with van der Waals surface area (Å²) in [5, 5.41) is 36.2. The van der Waals surface area contributed by atoms with Gasteiger partial charge in [-0.2, -0.15) is 10.4 Å². The Hall–Kier alpha value is -2.41. The van der Waals surface area contributed by atoms with Crippen LogP contribution in [0.15, 0.2) is 29.3 Å². The van der Waals surface area contributed by atoms with Crippen LogP contribution in [0.1, 0.15) is 37.4 Å². The summed E-state index contributed by atoms with van der Waals surface area (Å²) in [7, 11) is 5.54. The van der Waals surface area contributed by atoms with Gasteiger partial charge in [-0.05, 0) is 37.8 Å². The Labute approximate surface area is 223 Å². The molecule has 4 heterocycles. The van der Waals surface area contributed by atoms with E-state index in [1.807, 2.05) is 10.4 Å². The van der Waals surface area contributed by atoms with E-state index >= 15 is 0 Å². The van der Waals surface area contributed by atoms with Crippen LogP contribution >= 0.6 is 23.7 Å². The number of hydrogen-bond acceptors (Lipinski definition) is 11. The standard InChI is InChI=1S/C22H26BClFN7O4S/c23-22(34,35)32(17-3-2-15(10-26)27-11-17)37-30-7-4-16(5-8-30)31-20(33)19(24)18(12-29-31)28-13-21(25)6-1-9-36-14-21/h2-3,11-12,16,28,34-35H,1,4-9,13-14H2. The number of ether oxygens (including phenoxy) is 1. The topological polar surface area (TPSA) is 140 Å². The fourth-order valence-corrected chi connectivity index (χ4v) is 5.32. The number of anilines is 2. The Morgan fingerprint density at radius 2 is 2.16 bits per heavy atom. The number of piperidine rings is 1. The first-order valence-electron chi connectivity index (χ1n) is 11.7. The number of halogens is 2. The summed E-state index contributed by atoms with van der Waals surface area (Å²) in [6.45, 7) is 1.45. The van der Waals surface area contributed by atoms with Gasteiger partial charge in [0.2, 0.25) is 0 Å². The van der Waals surface area contributed by atoms with Crippen molar-refractivity contribution in [3.05, 3.63) is 45.6 Å². The SMILES string of the molecule is [B]C(O)(O)N(SN1CCC(n2ncc(NCC3(F)CCCOC3)c(Cl)c2=O)CC1)c1ccc(C#N)nc1. The van der Waals surface area contributed by atoms with E-state index in [1.54, 1.807) is 0 Å². The predicted molar refractivity (Wildman–Crippen MR) is 138 cm³/mol. The number of rotatable bonds is 8. The molecule has 3 N–H and O–H groups in total. The number of aliphatic hydroxyl groups is 2. The largest absolute Gasteiger partial charge is 0.379 e. The van der Waals surface area contributed by atoms with Crippen LogP contribution in [0.2, 0.25) is 5.02 Å². The molecule has 1 unspecified atom stereocenters. The Balaban J connectivity index is 1.38. The summed E-state index contributed by atoms with van der Waals surface area (Å²) < 4.78 is 24.3. The van der Waals surface area contributed by atoms with E-state index in [0.29, 0.717) is 51.1 Å². The molecular weight excluding hydrogens is 524 g/mol. The van der Waals surface area contributed by atoms with Crippen LogP contribution in [-0.2, 0) is 4.74 Å². The van der Waals surface area contributed by atoms with Crippen molar-refractivity contribution in [3.63, 3.8) is 0 Å². The normalized spacial score (nSPS) is 21.4. The number of nitrogens with one attached hydrogen (secondary N) is 1. The average Bonchev–Trinajstić information content (AvgIpc) is 2.88. The van der Waals surface area contributed by atoms with E-state index in [2.05, 4.69) is 15.4 Å². The minimum absolute atomic E-state index is 0.00431. The number of alkyl halides is 1. The van der Waals surface area contributed by atoms with Gasteiger partial charge in [-0.25, -0.2) is 18.4 Å². The molecule has 0 bridgehead atoms. The van der Waals surface area contributed by atoms with Crippen molar-refractivity contribution in [2.24, 2.45) is 0 Å². The van der Waals surface area contributed by atoms with Gasteiger partial charge >= 0.3 is 0 Å². The minimum Gasteiger partial charge on any atom is -0.379 e. The Bertz CT molecular complexity index is 1180. The van der Waals surface area contributed by atoms with E-state index in [1.165, 1.54) is 29.2 Å². The first kappa shape index (κ1) is 27.6. The second-order valence-electron chi connectivity index (χ2n) is 9.02. The van der Waals surface area contributed by atoms with E-state index in [4.69, 9.17) is 29.4 Å². The molecule has 2 aromatic heterocycles. The highest BCUT2D eigenvalue weighted by Gasteiger charge is 2.34. The second kappa shape index (κ2) is 11.5. The summed E-state index contributed by atoms with van der Waals surface area (Å²) >= 11 is 7.31. The molecule has 4 rings (SSSR count). The fourth-order valence-electron chi connectivity index (χ4n) is 4.19. The van der Waals surface area contributed by atoms with Crippen LogP contribution in [0.5, 0.6) is 0 Å². The van der Waals surface area contributed by atoms with E-state index in [-0.39, 0.29) is 35.6 Å². The Morgan fingerprint density at radius 3 is 2.76 bits per heavy atom. The van der Waals surface area contributed by atoms with Gasteiger partial charge in [-0.1, -0.05) is 11.6 Å². The van der Waals surface area contributed by atoms with Gasteiger partial charge < -0.3 is 20.3 Å². The summed E-state index contributed by atoms with van der Waals surface area (Å²) in [6, 6.07) is 4.62. The summed E-state index contributed by atoms with van der Waals surface area (Å²) in [4.78, 5) is 16.9. The zero-order chi connectivity index (χ0) is 26.6. The highest BCUT2D eigenvalue weighted by Crippen LogP contribution is 2.33. The first-order valence-corrected chi connectivity index (χ1v) is 12.8. The fraction of sp³-hybridized carbons (Fsp3) is 0.545. The molecule has 0 spiro atoms. The van der Waals surface area contributed by atoms with Crippen molar-refractivity contribution < 1.29 is 19.3 Å². The highest BCUT2D eigenvalue weighted by atomic mass is 35.5. The molecule has 2 radical (unpaired) electrons. The lowest BCUT2D eigenvalue weighted by atomic mass is 9.99. The van der Waals surface area contributed by atoms with Crippen molar-refractivity contribution >= 4 is 43.0 Å². The second-order valence-corrected chi connectivity index (χ2v) is 10.4. The number of pyridine rings is 1. The van der Waals surface area contributed by atoms with Crippen LogP contribution in [0.25, 0.3) is 0 Å². The number of aromatic nitrogens is 3. The highest BCUT2D eigenvalue weighted by molar-refractivity contribution is 7.98. The van der Waals surface area contributed by atoms with Crippen LogP contribution in [0, 0.1) is 11.3 Å². The predicted octanol–water partition coefficient (Wildman–Crippen LogP) is 1.57. The maximum atomic E-state index is 14.8. The van der Waals surface area contributed by atoms with Gasteiger partial charge in [-0.3, -0.25) is 9.10 Å². The van der Waals surface area contributed by atoms with Gasteiger partial charge in [0.25, 0.3) is 5.56 Å². The maximum absolute atomic E-state index is 14.8. The number of nitriles is 1. The molecule has 2 aliphatic heterocycles. The zero-order valence-electron chi connectivity index (χ0n) is 19.9. The third-order valence-electron chi connectivity index (χ3n) is 6.18. The van der Waals surface area contributed by atoms with Gasteiger partial charge in [0.05, 0.1) is 43.0 Å². The number of hydrogen-bond donors (Lipinski definition) is 3. The molecule has 37 heavy (non-hydrogen) atoms. The third kappa shape index (κ3) is 6.73. The van der Waals surface area contributed by atoms with Crippen LogP contribution in [0.3, 0.4) is 0 Å². The zero-order valence-corrected chi connectivity index (χ0v) is 21.5. The van der Waals surface area contributed by atoms with E-state index in [9.17, 15) is 19.4 Å². The lowest BCUT2D eigenvalue weighted by Crippen LogP contribution is -2.48. The first-order chi connectivity index (χ1) is 17.6. The quantitative estimate of drug-likeness (QED) is 0.251. The molecule has 196 valence electrons. The van der Waals surface area contributed by atoms with Crippen molar-refractivity contribution in [3.8, 4) is 6.07 Å². The monoisotopic (exact) mass is 549 g/mol. The molecule has 0 saturated carbocycles. The Kier molecular flexibility index (Phi) is 8.62. The Morgan fingerprint density at radius 1 is 1.41 bits per heavy atom. The molecule has 2 aromatic rings. The molecule has 2 saturated heterocycles. The average molecular weight is 550 g/mol. The van der Waals surface area contributed by atoms with Gasteiger partial charge in [-0.15, -0.1) is 0 Å². The summed E-state index contributed by atoms with van der Waals surface area (Å²) in [5.41, 5.74) is -1.25. The lowest BCUT2D eigenvalue weighted by molar-refractivity contribution is -0.0722. The lowest BCUT2D eigenvalue weighted by Gasteiger charge is -2.39. The molecule has 1 atom stereocenters. The minimum atomic E-state index is -2.69. The van der Waals surface area contributed by atoms with Crippen LogP contribution in [0.4, 0.5) is 15.8 Å². The smallest absolute Gasteiger partial charge is 0.287 e. The van der Waals surface area contributed by atoms with Crippen LogP contribution < -0.4 is 15.2 Å². The van der Waals surface area contributed by atoms with Gasteiger partial charge in [0.1, 0.15) is 16.8 Å². The molecule has 2 aliphatic rings. The van der Waals surface area contributed by atoms with Gasteiger partial charge in [0.15, 0.2) is 19.3 Å². The molecule has 15 heteroatoms. The maximum Gasteiger partial charge on any atom is 0.287 e. The molecule has 0 aromatic carbocycles. The molecule has 11 nitrogen and oxygen atoms in total. The summed E-state index contributed by atoms with van der Waals surface area (Å²) in [6.07, 6.45) is 4.81. The molecule has 0 aliphatic carbocycles. The van der Waals surface area contributed by atoms with Crippen molar-refractivity contribution in [1.29, 1.82) is 5.26 Å². The third-order valence-corrected chi connectivity index (χ3v) is 7.78. The molecule has 2 fully saturated rings. The van der Waals surface area contributed by atoms with Crippen LogP contribution in [-0.4, -0.2) is 81.5 Å². The molecule has 0 amide bonds. The van der Waals surface area contributed by atoms with Crippen molar-refractivity contribution in [2.45, 2.75) is 43.2 Å². The van der Waals surface area contributed by atoms with E-state index in [0.717, 1.165) is 16.4 Å². The summed E-state index contributed by atoms with van der Waals surface area (Å²) in [5.74, 6) is -2.69. The number of nitrogens with zero attached hydrogens (tertiary/aromatic N) is 6. The van der Waals surface area contributed by atoms with Crippen molar-refractivity contribution in [2.75, 3.05) is 42.5 Å². The van der Waals surface area contributed by atoms with Gasteiger partial charge in [0, 0.05) is 31.8 Å². The van der Waals surface area contributed by atoms with E-state index < -0.39 is 17.0 Å². The van der Waals surface area contributed by atoms with Crippen molar-refractivity contribution in [1.82, 2.24) is 19.1 Å².